The van der Waals surface area contributed by atoms with Gasteiger partial charge in [0.05, 0.1) is 47.1 Å². The molecule has 0 bridgehead atoms. The van der Waals surface area contributed by atoms with Crippen molar-refractivity contribution in [2.75, 3.05) is 0 Å². The minimum atomic E-state index is -1.91. The van der Waals surface area contributed by atoms with Crippen LogP contribution in [0.1, 0.15) is 41.5 Å². The Morgan fingerprint density at radius 1 is 0.692 bits per heavy atom. The Hall–Kier alpha value is -4.67. The van der Waals surface area contributed by atoms with Gasteiger partial charge in [-0.3, -0.25) is 14.5 Å². The van der Waals surface area contributed by atoms with Crippen LogP contribution >= 0.6 is 34.8 Å². The Bertz CT molecular complexity index is 2220. The normalized spacial score (nSPS) is 11.3. The predicted octanol–water partition coefficient (Wildman–Crippen LogP) is 7.70. The summed E-state index contributed by atoms with van der Waals surface area (Å²) >= 11 is 16.7. The first-order valence-corrected chi connectivity index (χ1v) is 16.4. The van der Waals surface area contributed by atoms with Gasteiger partial charge in [0, 0.05) is 10.8 Å². The smallest absolute Gasteiger partial charge is 0.443 e. The summed E-state index contributed by atoms with van der Waals surface area (Å²) in [6.45, 7) is 10.3. The number of carbonyl (C=O) groups excluding carboxylic acids is 2. The van der Waals surface area contributed by atoms with Crippen LogP contribution in [-0.4, -0.2) is 69.6 Å². The lowest BCUT2D eigenvalue weighted by Gasteiger charge is -2.20. The summed E-state index contributed by atoms with van der Waals surface area (Å²) in [6, 6.07) is 11.4. The number of ether oxygens (including phenoxy) is 2. The number of rotatable bonds is 2. The van der Waals surface area contributed by atoms with Gasteiger partial charge in [0.25, 0.3) is 0 Å². The topological polar surface area (TPSA) is 154 Å². The standard InChI is InChI=1S/C17H15ClFN3O2.C13H15BFNO4.C4H2Cl2N2/c1-17(2,3)24-16(23)22-13-6-4-5-11(19)10(13)7-14(22)12-8-20-9-15(18)21-12;1-13(2,3)20-12(17)16-10-6-4-5-9(15)8(10)7-11(16)14(18)19;5-3-1-7-2-4(6)8-3/h4-9H,1-3H3;4-7,18-19H,1-3H3;1-2H. The van der Waals surface area contributed by atoms with Crippen LogP contribution in [0.2, 0.25) is 15.5 Å². The Morgan fingerprint density at radius 2 is 1.13 bits per heavy atom. The molecule has 272 valence electrons. The van der Waals surface area contributed by atoms with Crippen LogP contribution < -0.4 is 5.59 Å². The molecule has 0 atom stereocenters. The second-order valence-corrected chi connectivity index (χ2v) is 14.0. The molecule has 0 aliphatic carbocycles. The van der Waals surface area contributed by atoms with E-state index in [-0.39, 0.29) is 21.6 Å². The van der Waals surface area contributed by atoms with Gasteiger partial charge >= 0.3 is 19.3 Å². The van der Waals surface area contributed by atoms with Gasteiger partial charge in [-0.1, -0.05) is 46.9 Å². The van der Waals surface area contributed by atoms with Crippen molar-refractivity contribution in [3.05, 3.63) is 100 Å². The molecule has 0 saturated carbocycles. The van der Waals surface area contributed by atoms with Crippen molar-refractivity contribution < 1.29 is 37.9 Å². The summed E-state index contributed by atoms with van der Waals surface area (Å²) in [5.41, 5.74) is -0.261. The lowest BCUT2D eigenvalue weighted by Crippen LogP contribution is -2.40. The highest BCUT2D eigenvalue weighted by molar-refractivity contribution is 6.59. The van der Waals surface area contributed by atoms with Crippen molar-refractivity contribution in [1.29, 1.82) is 0 Å². The summed E-state index contributed by atoms with van der Waals surface area (Å²) in [4.78, 5) is 40.3. The lowest BCUT2D eigenvalue weighted by molar-refractivity contribution is 0.0536. The molecular formula is C34H32BCl3F2N6O6. The van der Waals surface area contributed by atoms with E-state index in [0.717, 1.165) is 4.57 Å². The first-order valence-electron chi connectivity index (χ1n) is 15.3. The molecule has 18 heteroatoms. The van der Waals surface area contributed by atoms with Gasteiger partial charge in [0.2, 0.25) is 0 Å². The highest BCUT2D eigenvalue weighted by Crippen LogP contribution is 2.30. The van der Waals surface area contributed by atoms with E-state index in [1.54, 1.807) is 47.6 Å². The van der Waals surface area contributed by atoms with Crippen LogP contribution in [-0.2, 0) is 9.47 Å². The predicted molar refractivity (Wildman–Crippen MR) is 195 cm³/mol. The number of fused-ring (bicyclic) bond motifs is 2. The third-order valence-corrected chi connectivity index (χ3v) is 7.02. The molecule has 6 rings (SSSR count). The largest absolute Gasteiger partial charge is 0.506 e. The molecule has 0 fully saturated rings. The van der Waals surface area contributed by atoms with Gasteiger partial charge in [-0.15, -0.1) is 0 Å². The minimum absolute atomic E-state index is 0.126. The van der Waals surface area contributed by atoms with E-state index in [9.17, 15) is 28.4 Å². The molecule has 0 saturated heterocycles. The molecule has 0 amide bonds. The molecule has 2 aromatic carbocycles. The quantitative estimate of drug-likeness (QED) is 0.167. The molecular weight excluding hydrogens is 744 g/mol. The van der Waals surface area contributed by atoms with Crippen LogP contribution in [0, 0.1) is 11.6 Å². The number of nitrogens with zero attached hydrogens (tertiary/aromatic N) is 6. The van der Waals surface area contributed by atoms with E-state index in [0.29, 0.717) is 32.6 Å². The molecule has 0 unspecified atom stereocenters. The summed E-state index contributed by atoms with van der Waals surface area (Å²) < 4.78 is 40.8. The summed E-state index contributed by atoms with van der Waals surface area (Å²) in [6.07, 6.45) is 4.27. The maximum atomic E-state index is 14.1. The highest BCUT2D eigenvalue weighted by Gasteiger charge is 2.28. The maximum absolute atomic E-state index is 14.1. The number of benzene rings is 2. The fourth-order valence-electron chi connectivity index (χ4n) is 4.59. The molecule has 2 N–H and O–H groups in total. The average Bonchev–Trinajstić information content (AvgIpc) is 3.62. The van der Waals surface area contributed by atoms with E-state index >= 15 is 0 Å². The van der Waals surface area contributed by atoms with E-state index in [2.05, 4.69) is 19.9 Å². The molecule has 0 radical (unpaired) electrons. The van der Waals surface area contributed by atoms with Crippen LogP contribution in [0.25, 0.3) is 33.2 Å². The van der Waals surface area contributed by atoms with Gasteiger partial charge in [-0.2, -0.15) is 0 Å². The fourth-order valence-corrected chi connectivity index (χ4v) is 5.07. The van der Waals surface area contributed by atoms with E-state index < -0.39 is 42.1 Å². The van der Waals surface area contributed by atoms with Crippen LogP contribution in [0.3, 0.4) is 0 Å². The average molecular weight is 776 g/mol. The van der Waals surface area contributed by atoms with E-state index in [1.807, 2.05) is 0 Å². The number of carbonyl (C=O) groups is 2. The van der Waals surface area contributed by atoms with Gasteiger partial charge in [0.1, 0.15) is 44.0 Å². The number of hydrogen-bond acceptors (Lipinski definition) is 10. The zero-order valence-electron chi connectivity index (χ0n) is 28.6. The molecule has 52 heavy (non-hydrogen) atoms. The van der Waals surface area contributed by atoms with Crippen molar-refractivity contribution in [2.24, 2.45) is 0 Å². The Labute approximate surface area is 312 Å². The first-order chi connectivity index (χ1) is 24.3. The van der Waals surface area contributed by atoms with Crippen molar-refractivity contribution in [3.63, 3.8) is 0 Å². The SMILES string of the molecule is CC(C)(C)OC(=O)n1c(-c2cncc(Cl)n2)cc2c(F)cccc21.CC(C)(C)OC(=O)n1c(B(O)O)cc2c(F)cccc21.Clc1cncc(Cl)n1. The van der Waals surface area contributed by atoms with Crippen LogP contribution in [0.5, 0.6) is 0 Å². The second-order valence-electron chi connectivity index (χ2n) is 12.8. The highest BCUT2D eigenvalue weighted by atomic mass is 35.5. The van der Waals surface area contributed by atoms with Crippen LogP contribution in [0.4, 0.5) is 18.4 Å². The molecule has 4 heterocycles. The number of hydrogen-bond donors (Lipinski definition) is 2. The van der Waals surface area contributed by atoms with Crippen molar-refractivity contribution in [3.8, 4) is 11.4 Å². The third kappa shape index (κ3) is 10.2. The zero-order chi connectivity index (χ0) is 38.5. The molecule has 12 nitrogen and oxygen atoms in total. The van der Waals surface area contributed by atoms with E-state index in [1.165, 1.54) is 71.8 Å². The Kier molecular flexibility index (Phi) is 12.6. The summed E-state index contributed by atoms with van der Waals surface area (Å²) in [5, 5.41) is 19.9. The molecule has 0 spiro atoms. The molecule has 4 aromatic heterocycles. The first kappa shape index (κ1) is 40.1. The zero-order valence-corrected chi connectivity index (χ0v) is 30.9. The molecule has 6 aromatic rings. The number of halogens is 5. The van der Waals surface area contributed by atoms with Crippen molar-refractivity contribution in [2.45, 2.75) is 52.7 Å². The lowest BCUT2D eigenvalue weighted by atomic mass is 9.86. The van der Waals surface area contributed by atoms with E-state index in [4.69, 9.17) is 44.3 Å². The fraction of sp³-hybridized carbons (Fsp3) is 0.235. The van der Waals surface area contributed by atoms with Gasteiger partial charge in [-0.05, 0) is 77.9 Å². The summed E-state index contributed by atoms with van der Waals surface area (Å²) in [5.74, 6) is -0.988. The van der Waals surface area contributed by atoms with Crippen molar-refractivity contribution in [1.82, 2.24) is 29.1 Å². The second kappa shape index (κ2) is 16.3. The summed E-state index contributed by atoms with van der Waals surface area (Å²) in [7, 11) is -1.91. The Morgan fingerprint density at radius 3 is 1.58 bits per heavy atom. The van der Waals surface area contributed by atoms with Crippen molar-refractivity contribution >= 4 is 81.5 Å². The van der Waals surface area contributed by atoms with Crippen LogP contribution in [0.15, 0.2) is 73.3 Å². The van der Waals surface area contributed by atoms with Gasteiger partial charge < -0.3 is 19.5 Å². The van der Waals surface area contributed by atoms with Gasteiger partial charge in [0.15, 0.2) is 0 Å². The number of aromatic nitrogens is 6. The Balaban J connectivity index is 0.000000194. The molecule has 0 aliphatic heterocycles. The molecule has 0 aliphatic rings. The van der Waals surface area contributed by atoms with Gasteiger partial charge in [-0.25, -0.2) is 32.9 Å². The maximum Gasteiger partial charge on any atom is 0.506 e. The minimum Gasteiger partial charge on any atom is -0.443 e. The third-order valence-electron chi connectivity index (χ3n) is 6.47. The monoisotopic (exact) mass is 774 g/mol.